The Morgan fingerprint density at radius 3 is 2.06 bits per heavy atom. The molecule has 1 saturated heterocycles. The van der Waals surface area contributed by atoms with E-state index >= 15 is 0 Å². The van der Waals surface area contributed by atoms with E-state index in [0.29, 0.717) is 44.6 Å². The third-order valence-electron chi connectivity index (χ3n) is 6.52. The number of benzene rings is 3. The van der Waals surface area contributed by atoms with Crippen molar-refractivity contribution in [2.75, 3.05) is 24.6 Å². The summed E-state index contributed by atoms with van der Waals surface area (Å²) < 4.78 is 5.12. The average molecular weight is 485 g/mol. The zero-order valence-electron chi connectivity index (χ0n) is 20.6. The van der Waals surface area contributed by atoms with Gasteiger partial charge in [0.25, 0.3) is 5.91 Å². The number of esters is 1. The monoisotopic (exact) mass is 484 g/mol. The largest absolute Gasteiger partial charge is 0.466 e. The highest BCUT2D eigenvalue weighted by atomic mass is 16.5. The van der Waals surface area contributed by atoms with Gasteiger partial charge in [0.2, 0.25) is 5.91 Å². The van der Waals surface area contributed by atoms with Crippen LogP contribution in [0, 0.1) is 5.92 Å². The minimum Gasteiger partial charge on any atom is -0.466 e. The molecule has 3 aromatic carbocycles. The quantitative estimate of drug-likeness (QED) is 0.428. The molecule has 0 radical (unpaired) electrons. The van der Waals surface area contributed by atoms with Crippen molar-refractivity contribution in [3.8, 4) is 0 Å². The fraction of sp³-hybridized carbons (Fsp3) is 0.300. The number of rotatable bonds is 8. The predicted molar refractivity (Wildman–Crippen MR) is 139 cm³/mol. The molecule has 2 amide bonds. The Morgan fingerprint density at radius 1 is 0.833 bits per heavy atom. The lowest BCUT2D eigenvalue weighted by Crippen LogP contribution is -2.41. The number of carbonyl (C=O) groups excluding carboxylic acids is 3. The molecule has 0 atom stereocenters. The van der Waals surface area contributed by atoms with Crippen LogP contribution < -0.4 is 4.90 Å². The summed E-state index contributed by atoms with van der Waals surface area (Å²) in [4.78, 5) is 41.8. The molecule has 0 spiro atoms. The van der Waals surface area contributed by atoms with Crippen molar-refractivity contribution < 1.29 is 19.1 Å². The summed E-state index contributed by atoms with van der Waals surface area (Å²) in [6.07, 6.45) is 1.56. The summed E-state index contributed by atoms with van der Waals surface area (Å²) in [6.45, 7) is 3.77. The van der Waals surface area contributed by atoms with Crippen molar-refractivity contribution >= 4 is 23.5 Å². The molecule has 0 bridgehead atoms. The van der Waals surface area contributed by atoms with Crippen LogP contribution in [0.1, 0.15) is 41.3 Å². The Morgan fingerprint density at radius 2 is 1.44 bits per heavy atom. The van der Waals surface area contributed by atoms with Crippen LogP contribution in [-0.2, 0) is 27.3 Å². The summed E-state index contributed by atoms with van der Waals surface area (Å²) >= 11 is 0. The summed E-state index contributed by atoms with van der Waals surface area (Å²) in [6, 6.07) is 26.8. The van der Waals surface area contributed by atoms with Gasteiger partial charge in [0.05, 0.1) is 25.5 Å². The third-order valence-corrected chi connectivity index (χ3v) is 6.52. The maximum Gasteiger partial charge on any atom is 0.309 e. The van der Waals surface area contributed by atoms with Crippen molar-refractivity contribution in [3.05, 3.63) is 102 Å². The van der Waals surface area contributed by atoms with Gasteiger partial charge in [-0.1, -0.05) is 60.7 Å². The van der Waals surface area contributed by atoms with Crippen molar-refractivity contribution in [3.63, 3.8) is 0 Å². The van der Waals surface area contributed by atoms with Crippen LogP contribution in [0.25, 0.3) is 0 Å². The topological polar surface area (TPSA) is 66.9 Å². The first-order chi connectivity index (χ1) is 17.5. The number of piperidine rings is 1. The molecule has 36 heavy (non-hydrogen) atoms. The van der Waals surface area contributed by atoms with Crippen LogP contribution in [-0.4, -0.2) is 42.4 Å². The molecule has 0 aliphatic carbocycles. The number of hydrogen-bond acceptors (Lipinski definition) is 4. The molecular weight excluding hydrogens is 452 g/mol. The number of anilines is 1. The number of ether oxygens (including phenoxy) is 1. The second kappa shape index (κ2) is 12.2. The maximum absolute atomic E-state index is 13.4. The second-order valence-electron chi connectivity index (χ2n) is 8.99. The Hall–Kier alpha value is -3.93. The van der Waals surface area contributed by atoms with Gasteiger partial charge in [-0.05, 0) is 55.2 Å². The average Bonchev–Trinajstić information content (AvgIpc) is 2.93. The van der Waals surface area contributed by atoms with E-state index in [1.807, 2.05) is 89.8 Å². The summed E-state index contributed by atoms with van der Waals surface area (Å²) in [5.74, 6) is -0.310. The molecular formula is C30H32N2O4. The van der Waals surface area contributed by atoms with E-state index in [1.54, 1.807) is 11.8 Å². The number of likely N-dealkylation sites (tertiary alicyclic amines) is 1. The third kappa shape index (κ3) is 6.39. The van der Waals surface area contributed by atoms with Crippen molar-refractivity contribution in [2.45, 2.75) is 32.7 Å². The Balaban J connectivity index is 1.42. The van der Waals surface area contributed by atoms with Gasteiger partial charge in [-0.3, -0.25) is 14.4 Å². The molecule has 4 rings (SSSR count). The van der Waals surface area contributed by atoms with Gasteiger partial charge < -0.3 is 14.5 Å². The molecule has 6 heteroatoms. The van der Waals surface area contributed by atoms with Gasteiger partial charge >= 0.3 is 5.97 Å². The molecule has 0 unspecified atom stereocenters. The van der Waals surface area contributed by atoms with Gasteiger partial charge in [0.15, 0.2) is 0 Å². The van der Waals surface area contributed by atoms with Crippen LogP contribution in [0.3, 0.4) is 0 Å². The SMILES string of the molecule is CCOC(=O)C1CCN(C(=O)Cc2ccc(N(Cc3ccccc3)C(=O)c3ccccc3)cc2)CC1. The predicted octanol–water partition coefficient (Wildman–Crippen LogP) is 4.88. The lowest BCUT2D eigenvalue weighted by molar-refractivity contribution is -0.151. The van der Waals surface area contributed by atoms with Crippen LogP contribution in [0.15, 0.2) is 84.9 Å². The van der Waals surface area contributed by atoms with Crippen molar-refractivity contribution in [1.82, 2.24) is 4.90 Å². The minimum absolute atomic E-state index is 0.0477. The van der Waals surface area contributed by atoms with Gasteiger partial charge in [0, 0.05) is 24.3 Å². The molecule has 1 heterocycles. The highest BCUT2D eigenvalue weighted by Gasteiger charge is 2.28. The standard InChI is InChI=1S/C30H32N2O4/c1-2-36-30(35)26-17-19-31(20-18-26)28(33)21-23-13-15-27(16-14-23)32(22-24-9-5-3-6-10-24)29(34)25-11-7-4-8-12-25/h3-16,26H,2,17-22H2,1H3. The fourth-order valence-electron chi connectivity index (χ4n) is 4.49. The van der Waals surface area contributed by atoms with Crippen molar-refractivity contribution in [2.24, 2.45) is 5.92 Å². The van der Waals surface area contributed by atoms with Crippen LogP contribution in [0.4, 0.5) is 5.69 Å². The maximum atomic E-state index is 13.4. The highest BCUT2D eigenvalue weighted by Crippen LogP contribution is 2.23. The van der Waals surface area contributed by atoms with E-state index in [-0.39, 0.29) is 30.1 Å². The number of carbonyl (C=O) groups is 3. The first kappa shape index (κ1) is 25.2. The first-order valence-electron chi connectivity index (χ1n) is 12.5. The lowest BCUT2D eigenvalue weighted by atomic mass is 9.96. The minimum atomic E-state index is -0.162. The highest BCUT2D eigenvalue weighted by molar-refractivity contribution is 6.06. The normalized spacial score (nSPS) is 13.8. The molecule has 1 fully saturated rings. The molecule has 1 aliphatic heterocycles. The number of hydrogen-bond donors (Lipinski definition) is 0. The van der Waals surface area contributed by atoms with E-state index < -0.39 is 0 Å². The number of nitrogens with zero attached hydrogens (tertiary/aromatic N) is 2. The van der Waals surface area contributed by atoms with Gasteiger partial charge in [-0.15, -0.1) is 0 Å². The fourth-order valence-corrected chi connectivity index (χ4v) is 4.49. The van der Waals surface area contributed by atoms with E-state index in [0.717, 1.165) is 16.8 Å². The van der Waals surface area contributed by atoms with Crippen LogP contribution in [0.5, 0.6) is 0 Å². The van der Waals surface area contributed by atoms with Gasteiger partial charge in [-0.2, -0.15) is 0 Å². The van der Waals surface area contributed by atoms with E-state index in [4.69, 9.17) is 4.74 Å². The summed E-state index contributed by atoms with van der Waals surface area (Å²) in [5, 5.41) is 0. The molecule has 6 nitrogen and oxygen atoms in total. The second-order valence-corrected chi connectivity index (χ2v) is 8.99. The summed E-state index contributed by atoms with van der Waals surface area (Å²) in [5.41, 5.74) is 3.33. The molecule has 0 saturated carbocycles. The Kier molecular flexibility index (Phi) is 8.50. The molecule has 0 N–H and O–H groups in total. The van der Waals surface area contributed by atoms with E-state index in [2.05, 4.69) is 0 Å². The van der Waals surface area contributed by atoms with Gasteiger partial charge in [0.1, 0.15) is 0 Å². The molecule has 1 aliphatic rings. The van der Waals surface area contributed by atoms with E-state index in [1.165, 1.54) is 0 Å². The van der Waals surface area contributed by atoms with Crippen LogP contribution in [0.2, 0.25) is 0 Å². The molecule has 186 valence electrons. The van der Waals surface area contributed by atoms with Crippen LogP contribution >= 0.6 is 0 Å². The van der Waals surface area contributed by atoms with Gasteiger partial charge in [-0.25, -0.2) is 0 Å². The lowest BCUT2D eigenvalue weighted by Gasteiger charge is -2.31. The zero-order valence-corrected chi connectivity index (χ0v) is 20.6. The first-order valence-corrected chi connectivity index (χ1v) is 12.5. The molecule has 0 aromatic heterocycles. The number of amides is 2. The zero-order chi connectivity index (χ0) is 25.3. The van der Waals surface area contributed by atoms with Crippen molar-refractivity contribution in [1.29, 1.82) is 0 Å². The van der Waals surface area contributed by atoms with E-state index in [9.17, 15) is 14.4 Å². The molecule has 3 aromatic rings. The Bertz CT molecular complexity index is 1150. The smallest absolute Gasteiger partial charge is 0.309 e. The summed E-state index contributed by atoms with van der Waals surface area (Å²) in [7, 11) is 0. The Labute approximate surface area is 212 Å².